The number of hydrogen-bond acceptors (Lipinski definition) is 4. The average molecular weight is 307 g/mol. The summed E-state index contributed by atoms with van der Waals surface area (Å²) in [7, 11) is -3.72. The van der Waals surface area contributed by atoms with Crippen LogP contribution in [0.15, 0.2) is 53.4 Å². The van der Waals surface area contributed by atoms with Crippen LogP contribution in [0.3, 0.4) is 0 Å². The van der Waals surface area contributed by atoms with E-state index in [1.54, 1.807) is 24.3 Å². The van der Waals surface area contributed by atoms with Crippen molar-refractivity contribution in [3.8, 4) is 11.5 Å². The van der Waals surface area contributed by atoms with Crippen molar-refractivity contribution in [2.24, 2.45) is 0 Å². The summed E-state index contributed by atoms with van der Waals surface area (Å²) in [5.74, 6) is 0.596. The topological polar surface area (TPSA) is 75.6 Å². The van der Waals surface area contributed by atoms with Crippen LogP contribution < -0.4 is 9.46 Å². The van der Waals surface area contributed by atoms with E-state index in [9.17, 15) is 13.5 Å². The van der Waals surface area contributed by atoms with Crippen LogP contribution in [0, 0.1) is 0 Å². The van der Waals surface area contributed by atoms with Crippen LogP contribution in [0.25, 0.3) is 0 Å². The molecule has 112 valence electrons. The average Bonchev–Trinajstić information content (AvgIpc) is 2.46. The first-order valence-corrected chi connectivity index (χ1v) is 8.04. The third kappa shape index (κ3) is 4.13. The first kappa shape index (κ1) is 15.2. The summed E-state index contributed by atoms with van der Waals surface area (Å²) >= 11 is 0. The van der Waals surface area contributed by atoms with E-state index in [2.05, 4.69) is 4.72 Å². The maximum Gasteiger partial charge on any atom is 0.262 e. The SMILES string of the molecule is CCCOc1ccc(NS(=O)(=O)c2cccc(O)c2)cc1. The van der Waals surface area contributed by atoms with Crippen LogP contribution in [0.4, 0.5) is 5.69 Å². The second-order valence-electron chi connectivity index (χ2n) is 4.48. The molecule has 0 bridgehead atoms. The molecule has 0 saturated carbocycles. The fourth-order valence-corrected chi connectivity index (χ4v) is 2.80. The standard InChI is InChI=1S/C15H17NO4S/c1-2-10-20-14-8-6-12(7-9-14)16-21(18,19)15-5-3-4-13(17)11-15/h3-9,11,16-17H,2,10H2,1H3. The Morgan fingerprint density at radius 3 is 2.48 bits per heavy atom. The number of ether oxygens (including phenoxy) is 1. The molecule has 0 aliphatic heterocycles. The van der Waals surface area contributed by atoms with Crippen LogP contribution in [0.5, 0.6) is 11.5 Å². The van der Waals surface area contributed by atoms with E-state index in [-0.39, 0.29) is 10.6 Å². The molecule has 0 heterocycles. The molecule has 2 aromatic rings. The molecule has 2 rings (SSSR count). The van der Waals surface area contributed by atoms with Gasteiger partial charge in [-0.1, -0.05) is 13.0 Å². The van der Waals surface area contributed by atoms with Crippen molar-refractivity contribution in [2.75, 3.05) is 11.3 Å². The van der Waals surface area contributed by atoms with Gasteiger partial charge in [0.15, 0.2) is 0 Å². The minimum atomic E-state index is -3.72. The van der Waals surface area contributed by atoms with E-state index < -0.39 is 10.0 Å². The third-order valence-corrected chi connectivity index (χ3v) is 4.09. The van der Waals surface area contributed by atoms with Crippen molar-refractivity contribution < 1.29 is 18.3 Å². The van der Waals surface area contributed by atoms with Gasteiger partial charge in [0.1, 0.15) is 11.5 Å². The van der Waals surface area contributed by atoms with Crippen molar-refractivity contribution in [1.29, 1.82) is 0 Å². The third-order valence-electron chi connectivity index (χ3n) is 2.71. The van der Waals surface area contributed by atoms with Crippen LogP contribution in [0.2, 0.25) is 0 Å². The van der Waals surface area contributed by atoms with Gasteiger partial charge in [0.25, 0.3) is 10.0 Å². The number of rotatable bonds is 6. The van der Waals surface area contributed by atoms with Gasteiger partial charge in [-0.25, -0.2) is 8.42 Å². The van der Waals surface area contributed by atoms with Crippen LogP contribution >= 0.6 is 0 Å². The van der Waals surface area contributed by atoms with E-state index >= 15 is 0 Å². The fraction of sp³-hybridized carbons (Fsp3) is 0.200. The highest BCUT2D eigenvalue weighted by molar-refractivity contribution is 7.92. The van der Waals surface area contributed by atoms with Gasteiger partial charge >= 0.3 is 0 Å². The molecule has 6 heteroatoms. The second-order valence-corrected chi connectivity index (χ2v) is 6.16. The van der Waals surface area contributed by atoms with Gasteiger partial charge in [-0.2, -0.15) is 0 Å². The van der Waals surface area contributed by atoms with Gasteiger partial charge in [0, 0.05) is 11.8 Å². The number of benzene rings is 2. The number of phenolic OH excluding ortho intramolecular Hbond substituents is 1. The van der Waals surface area contributed by atoms with Crippen molar-refractivity contribution in [2.45, 2.75) is 18.2 Å². The van der Waals surface area contributed by atoms with E-state index in [0.717, 1.165) is 6.42 Å². The minimum absolute atomic E-state index is 0.00816. The Morgan fingerprint density at radius 2 is 1.86 bits per heavy atom. The molecular formula is C15H17NO4S. The normalized spacial score (nSPS) is 11.1. The molecule has 2 N–H and O–H groups in total. The van der Waals surface area contributed by atoms with Gasteiger partial charge in [-0.3, -0.25) is 4.72 Å². The summed E-state index contributed by atoms with van der Waals surface area (Å²) in [6, 6.07) is 12.2. The molecule has 0 atom stereocenters. The molecule has 0 aromatic heterocycles. The highest BCUT2D eigenvalue weighted by Gasteiger charge is 2.14. The highest BCUT2D eigenvalue weighted by atomic mass is 32.2. The fourth-order valence-electron chi connectivity index (χ4n) is 1.70. The van der Waals surface area contributed by atoms with Gasteiger partial charge in [0.05, 0.1) is 11.5 Å². The van der Waals surface area contributed by atoms with Gasteiger partial charge in [0.2, 0.25) is 0 Å². The summed E-state index contributed by atoms with van der Waals surface area (Å²) < 4.78 is 32.2. The number of aromatic hydroxyl groups is 1. The molecule has 2 aromatic carbocycles. The first-order chi connectivity index (χ1) is 10.0. The Hall–Kier alpha value is -2.21. The largest absolute Gasteiger partial charge is 0.508 e. The molecule has 0 aliphatic carbocycles. The number of nitrogens with one attached hydrogen (secondary N) is 1. The van der Waals surface area contributed by atoms with Crippen molar-refractivity contribution >= 4 is 15.7 Å². The van der Waals surface area contributed by atoms with Crippen molar-refractivity contribution in [3.63, 3.8) is 0 Å². The zero-order valence-electron chi connectivity index (χ0n) is 11.6. The predicted molar refractivity (Wildman–Crippen MR) is 81.1 cm³/mol. The summed E-state index contributed by atoms with van der Waals surface area (Å²) in [5, 5.41) is 9.35. The van der Waals surface area contributed by atoms with E-state index in [0.29, 0.717) is 18.0 Å². The van der Waals surface area contributed by atoms with E-state index in [1.165, 1.54) is 24.3 Å². The van der Waals surface area contributed by atoms with Gasteiger partial charge < -0.3 is 9.84 Å². The minimum Gasteiger partial charge on any atom is -0.508 e. The maximum absolute atomic E-state index is 12.2. The lowest BCUT2D eigenvalue weighted by Gasteiger charge is -2.09. The summed E-state index contributed by atoms with van der Waals surface area (Å²) in [6.45, 7) is 2.63. The van der Waals surface area contributed by atoms with Gasteiger partial charge in [-0.05, 0) is 42.8 Å². The molecule has 0 fully saturated rings. The zero-order valence-corrected chi connectivity index (χ0v) is 12.4. The summed E-state index contributed by atoms with van der Waals surface area (Å²) in [4.78, 5) is 0.00816. The molecule has 5 nitrogen and oxygen atoms in total. The molecule has 0 unspecified atom stereocenters. The second kappa shape index (κ2) is 6.49. The molecule has 0 radical (unpaired) electrons. The molecule has 0 saturated heterocycles. The Balaban J connectivity index is 2.13. The lowest BCUT2D eigenvalue weighted by Crippen LogP contribution is -2.12. The van der Waals surface area contributed by atoms with Crippen molar-refractivity contribution in [1.82, 2.24) is 0 Å². The molecular weight excluding hydrogens is 290 g/mol. The van der Waals surface area contributed by atoms with Crippen LogP contribution in [0.1, 0.15) is 13.3 Å². The van der Waals surface area contributed by atoms with E-state index in [1.807, 2.05) is 6.92 Å². The number of sulfonamides is 1. The Labute approximate surface area is 124 Å². The Morgan fingerprint density at radius 1 is 1.14 bits per heavy atom. The highest BCUT2D eigenvalue weighted by Crippen LogP contribution is 2.21. The lowest BCUT2D eigenvalue weighted by molar-refractivity contribution is 0.317. The molecule has 0 aliphatic rings. The zero-order chi connectivity index (χ0) is 15.3. The smallest absolute Gasteiger partial charge is 0.262 e. The molecule has 0 amide bonds. The van der Waals surface area contributed by atoms with Gasteiger partial charge in [-0.15, -0.1) is 0 Å². The summed E-state index contributed by atoms with van der Waals surface area (Å²) in [6.07, 6.45) is 0.909. The summed E-state index contributed by atoms with van der Waals surface area (Å²) in [5.41, 5.74) is 0.433. The van der Waals surface area contributed by atoms with E-state index in [4.69, 9.17) is 4.74 Å². The monoisotopic (exact) mass is 307 g/mol. The Bertz CT molecular complexity index is 696. The van der Waals surface area contributed by atoms with Crippen LogP contribution in [-0.2, 0) is 10.0 Å². The Kier molecular flexibility index (Phi) is 4.70. The molecule has 0 spiro atoms. The number of anilines is 1. The predicted octanol–water partition coefficient (Wildman–Crippen LogP) is 2.98. The number of phenols is 1. The first-order valence-electron chi connectivity index (χ1n) is 6.56. The van der Waals surface area contributed by atoms with Crippen molar-refractivity contribution in [3.05, 3.63) is 48.5 Å². The molecule has 21 heavy (non-hydrogen) atoms. The van der Waals surface area contributed by atoms with Crippen LogP contribution in [-0.4, -0.2) is 20.1 Å². The quantitative estimate of drug-likeness (QED) is 0.860. The number of hydrogen-bond donors (Lipinski definition) is 2. The lowest BCUT2D eigenvalue weighted by atomic mass is 10.3. The maximum atomic E-state index is 12.2.